The number of fused-ring (bicyclic) bond motifs is 2. The van der Waals surface area contributed by atoms with Gasteiger partial charge in [-0.1, -0.05) is 6.07 Å². The molecular formula is C19H23N3O3. The number of hydrogen-bond donors (Lipinski definition) is 2. The molecule has 2 fully saturated rings. The molecule has 132 valence electrons. The molecule has 6 heteroatoms. The molecule has 2 aliphatic heterocycles. The van der Waals surface area contributed by atoms with E-state index in [-0.39, 0.29) is 18.0 Å². The van der Waals surface area contributed by atoms with E-state index in [1.54, 1.807) is 12.5 Å². The van der Waals surface area contributed by atoms with Gasteiger partial charge in [-0.3, -0.25) is 14.7 Å². The third-order valence-corrected chi connectivity index (χ3v) is 5.43. The first kappa shape index (κ1) is 16.3. The van der Waals surface area contributed by atoms with Crippen molar-refractivity contribution in [3.05, 3.63) is 54.2 Å². The summed E-state index contributed by atoms with van der Waals surface area (Å²) in [7, 11) is 0. The van der Waals surface area contributed by atoms with Gasteiger partial charge in [-0.25, -0.2) is 0 Å². The molecule has 2 atom stereocenters. The molecule has 0 radical (unpaired) electrons. The molecule has 0 unspecified atom stereocenters. The Labute approximate surface area is 146 Å². The van der Waals surface area contributed by atoms with Crippen molar-refractivity contribution in [3.63, 3.8) is 0 Å². The van der Waals surface area contributed by atoms with Gasteiger partial charge in [-0.2, -0.15) is 0 Å². The van der Waals surface area contributed by atoms with Gasteiger partial charge < -0.3 is 14.8 Å². The zero-order valence-electron chi connectivity index (χ0n) is 14.1. The highest BCUT2D eigenvalue weighted by Crippen LogP contribution is 2.44. The molecule has 2 saturated heterocycles. The average Bonchev–Trinajstić information content (AvgIpc) is 3.22. The third kappa shape index (κ3) is 3.32. The number of aromatic nitrogens is 1. The van der Waals surface area contributed by atoms with E-state index in [0.717, 1.165) is 24.3 Å². The molecule has 0 spiro atoms. The van der Waals surface area contributed by atoms with Gasteiger partial charge in [0.05, 0.1) is 25.0 Å². The summed E-state index contributed by atoms with van der Waals surface area (Å²) in [4.78, 5) is 18.9. The number of piperidine rings is 1. The lowest BCUT2D eigenvalue weighted by Gasteiger charge is -2.43. The predicted octanol–water partition coefficient (Wildman–Crippen LogP) is 1.81. The van der Waals surface area contributed by atoms with Crippen molar-refractivity contribution >= 4 is 5.91 Å². The SMILES string of the molecule is O=C(CN1[C@@H]2CC[C@@H]1CC(O)(c1ccccn1)C2)NCc1ccco1. The quantitative estimate of drug-likeness (QED) is 0.867. The first-order valence-electron chi connectivity index (χ1n) is 8.83. The summed E-state index contributed by atoms with van der Waals surface area (Å²) < 4.78 is 5.24. The Morgan fingerprint density at radius 3 is 2.72 bits per heavy atom. The molecule has 4 heterocycles. The third-order valence-electron chi connectivity index (χ3n) is 5.43. The smallest absolute Gasteiger partial charge is 0.234 e. The number of aliphatic hydroxyl groups is 1. The van der Waals surface area contributed by atoms with E-state index in [0.29, 0.717) is 25.9 Å². The van der Waals surface area contributed by atoms with E-state index in [2.05, 4.69) is 15.2 Å². The summed E-state index contributed by atoms with van der Waals surface area (Å²) in [6, 6.07) is 9.77. The first-order chi connectivity index (χ1) is 12.1. The normalized spacial score (nSPS) is 28.8. The maximum absolute atomic E-state index is 12.3. The topological polar surface area (TPSA) is 78.6 Å². The summed E-state index contributed by atoms with van der Waals surface area (Å²) >= 11 is 0. The van der Waals surface area contributed by atoms with Crippen LogP contribution in [0.5, 0.6) is 0 Å². The Kier molecular flexibility index (Phi) is 4.31. The highest BCUT2D eigenvalue weighted by molar-refractivity contribution is 5.78. The van der Waals surface area contributed by atoms with Gasteiger partial charge in [0.15, 0.2) is 0 Å². The number of carbonyl (C=O) groups is 1. The monoisotopic (exact) mass is 341 g/mol. The Morgan fingerprint density at radius 1 is 1.28 bits per heavy atom. The molecule has 2 N–H and O–H groups in total. The summed E-state index contributed by atoms with van der Waals surface area (Å²) in [6.45, 7) is 0.779. The van der Waals surface area contributed by atoms with E-state index in [1.807, 2.05) is 30.3 Å². The summed E-state index contributed by atoms with van der Waals surface area (Å²) in [6.07, 6.45) is 6.63. The summed E-state index contributed by atoms with van der Waals surface area (Å²) in [5.41, 5.74) is -0.136. The highest BCUT2D eigenvalue weighted by Gasteiger charge is 2.49. The van der Waals surface area contributed by atoms with Gasteiger partial charge in [0.25, 0.3) is 0 Å². The van der Waals surface area contributed by atoms with Crippen LogP contribution in [0.3, 0.4) is 0 Å². The van der Waals surface area contributed by atoms with E-state index in [4.69, 9.17) is 4.42 Å². The molecule has 6 nitrogen and oxygen atoms in total. The Balaban J connectivity index is 1.38. The molecule has 4 rings (SSSR count). The number of nitrogens with zero attached hydrogens (tertiary/aromatic N) is 2. The molecule has 0 aliphatic carbocycles. The highest BCUT2D eigenvalue weighted by atomic mass is 16.3. The lowest BCUT2D eigenvalue weighted by Crippen LogP contribution is -2.52. The van der Waals surface area contributed by atoms with Crippen molar-refractivity contribution in [3.8, 4) is 0 Å². The van der Waals surface area contributed by atoms with Crippen LogP contribution in [0, 0.1) is 0 Å². The second-order valence-electron chi connectivity index (χ2n) is 7.07. The van der Waals surface area contributed by atoms with Gasteiger partial charge in [0, 0.05) is 18.3 Å². The maximum atomic E-state index is 12.3. The van der Waals surface area contributed by atoms with Crippen LogP contribution in [0.25, 0.3) is 0 Å². The number of furan rings is 1. The fraction of sp³-hybridized carbons (Fsp3) is 0.474. The van der Waals surface area contributed by atoms with Crippen LogP contribution >= 0.6 is 0 Å². The molecular weight excluding hydrogens is 318 g/mol. The minimum Gasteiger partial charge on any atom is -0.467 e. The zero-order chi connectivity index (χ0) is 17.3. The molecule has 2 bridgehead atoms. The van der Waals surface area contributed by atoms with Crippen LogP contribution < -0.4 is 5.32 Å². The Bertz CT molecular complexity index is 703. The van der Waals surface area contributed by atoms with Crippen LogP contribution in [0.4, 0.5) is 0 Å². The van der Waals surface area contributed by atoms with Crippen molar-refractivity contribution in [2.75, 3.05) is 6.54 Å². The number of hydrogen-bond acceptors (Lipinski definition) is 5. The minimum atomic E-state index is -0.881. The number of pyridine rings is 1. The number of carbonyl (C=O) groups excluding carboxylic acids is 1. The van der Waals surface area contributed by atoms with Crippen LogP contribution in [0.2, 0.25) is 0 Å². The second kappa shape index (κ2) is 6.61. The first-order valence-corrected chi connectivity index (χ1v) is 8.83. The van der Waals surface area contributed by atoms with E-state index >= 15 is 0 Å². The molecule has 0 saturated carbocycles. The van der Waals surface area contributed by atoms with Gasteiger partial charge in [-0.15, -0.1) is 0 Å². The number of amides is 1. The standard InChI is InChI=1S/C19H23N3O3/c23-18(21-12-16-4-3-9-25-16)13-22-14-6-7-15(22)11-19(24,10-14)17-5-1-2-8-20-17/h1-5,8-9,14-15,24H,6-7,10-13H2,(H,21,23)/t14-,15-/m1/s1. The zero-order valence-corrected chi connectivity index (χ0v) is 14.1. The Morgan fingerprint density at radius 2 is 2.08 bits per heavy atom. The Hall–Kier alpha value is -2.18. The lowest BCUT2D eigenvalue weighted by atomic mass is 9.83. The average molecular weight is 341 g/mol. The van der Waals surface area contributed by atoms with E-state index in [1.165, 1.54) is 0 Å². The van der Waals surface area contributed by atoms with Crippen LogP contribution in [0.15, 0.2) is 47.2 Å². The van der Waals surface area contributed by atoms with E-state index in [9.17, 15) is 9.90 Å². The van der Waals surface area contributed by atoms with Crippen molar-refractivity contribution in [2.24, 2.45) is 0 Å². The minimum absolute atomic E-state index is 0.00317. The fourth-order valence-electron chi connectivity index (χ4n) is 4.24. The number of nitrogens with one attached hydrogen (secondary N) is 1. The van der Waals surface area contributed by atoms with Crippen LogP contribution in [0.1, 0.15) is 37.1 Å². The largest absolute Gasteiger partial charge is 0.467 e. The summed E-state index contributed by atoms with van der Waals surface area (Å²) in [5, 5.41) is 14.0. The number of rotatable bonds is 5. The lowest BCUT2D eigenvalue weighted by molar-refractivity contribution is -0.126. The van der Waals surface area contributed by atoms with Gasteiger partial charge >= 0.3 is 0 Å². The molecule has 2 aliphatic rings. The predicted molar refractivity (Wildman–Crippen MR) is 91.4 cm³/mol. The van der Waals surface area contributed by atoms with Gasteiger partial charge in [0.1, 0.15) is 11.4 Å². The summed E-state index contributed by atoms with van der Waals surface area (Å²) in [5.74, 6) is 0.746. The van der Waals surface area contributed by atoms with Crippen molar-refractivity contribution in [1.29, 1.82) is 0 Å². The molecule has 25 heavy (non-hydrogen) atoms. The molecule has 2 aromatic heterocycles. The van der Waals surface area contributed by atoms with Crippen LogP contribution in [-0.4, -0.2) is 39.5 Å². The molecule has 1 amide bonds. The van der Waals surface area contributed by atoms with Gasteiger partial charge in [-0.05, 0) is 49.9 Å². The van der Waals surface area contributed by atoms with E-state index < -0.39 is 5.60 Å². The van der Waals surface area contributed by atoms with Gasteiger partial charge in [0.2, 0.25) is 5.91 Å². The molecule has 2 aromatic rings. The maximum Gasteiger partial charge on any atom is 0.234 e. The van der Waals surface area contributed by atoms with Crippen molar-refractivity contribution in [2.45, 2.75) is 49.9 Å². The van der Waals surface area contributed by atoms with Crippen molar-refractivity contribution < 1.29 is 14.3 Å². The fourth-order valence-corrected chi connectivity index (χ4v) is 4.24. The van der Waals surface area contributed by atoms with Crippen LogP contribution in [-0.2, 0) is 16.9 Å². The van der Waals surface area contributed by atoms with Crippen molar-refractivity contribution in [1.82, 2.24) is 15.2 Å². The molecule has 0 aromatic carbocycles. The second-order valence-corrected chi connectivity index (χ2v) is 7.07.